The lowest BCUT2D eigenvalue weighted by atomic mass is 10.1. The summed E-state index contributed by atoms with van der Waals surface area (Å²) in [4.78, 5) is 45.1. The first kappa shape index (κ1) is 28.3. The quantitative estimate of drug-likeness (QED) is 0.158. The molecule has 0 amide bonds. The van der Waals surface area contributed by atoms with E-state index >= 15 is 0 Å². The smallest absolute Gasteiger partial charge is 0.391 e. The van der Waals surface area contributed by atoms with Crippen LogP contribution in [0.15, 0.2) is 15.8 Å². The molecule has 35 heavy (non-hydrogen) atoms. The summed E-state index contributed by atoms with van der Waals surface area (Å²) in [7, 11) is -10.8. The van der Waals surface area contributed by atoms with Crippen molar-refractivity contribution in [1.82, 2.24) is 9.55 Å². The number of phosphoric acid groups is 2. The van der Waals surface area contributed by atoms with Crippen LogP contribution in [0.4, 0.5) is 0 Å². The predicted octanol–water partition coefficient (Wildman–Crippen LogP) is -2.43. The second-order valence-electron chi connectivity index (χ2n) is 8.02. The van der Waals surface area contributed by atoms with Gasteiger partial charge in [0.25, 0.3) is 5.56 Å². The van der Waals surface area contributed by atoms with Crippen LogP contribution >= 0.6 is 15.6 Å². The monoisotopic (exact) mass is 548 g/mol. The maximum atomic E-state index is 12.1. The molecule has 0 saturated carbocycles. The summed E-state index contributed by atoms with van der Waals surface area (Å²) in [6.45, 7) is 1.83. The van der Waals surface area contributed by atoms with Gasteiger partial charge in [-0.25, -0.2) is 13.9 Å². The third kappa shape index (κ3) is 6.72. The molecule has 3 heterocycles. The van der Waals surface area contributed by atoms with Crippen molar-refractivity contribution in [2.24, 2.45) is 0 Å². The maximum Gasteiger partial charge on any atom is 0.483 e. The van der Waals surface area contributed by atoms with Gasteiger partial charge in [0.1, 0.15) is 30.6 Å². The highest BCUT2D eigenvalue weighted by atomic mass is 31.3. The summed E-state index contributed by atoms with van der Waals surface area (Å²) in [5.41, 5.74) is -1.23. The number of H-pyrrole nitrogens is 1. The molecule has 2 aliphatic heterocycles. The Bertz CT molecular complexity index is 1120. The fourth-order valence-corrected chi connectivity index (χ4v) is 5.62. The standard InChI is InChI=1S/C16H26N2O15P2/c1-6-4-18(16(24)17-14(6)23)10-3-8(20)9(30-10)5-29-34(25,26)33-35(27,28)32-15-12(22)11(21)13(31-15)7(2)19/h4,7-13,15,19-22H,3,5H2,1-2H3,(H,25,26)(H,27,28)(H,17,23,24)/t7-,8+,9-,10-,11-,12-,13+,15+/m1/s1. The zero-order valence-corrected chi connectivity index (χ0v) is 20.1. The first-order valence-electron chi connectivity index (χ1n) is 10.2. The number of aliphatic hydroxyl groups excluding tert-OH is 4. The van der Waals surface area contributed by atoms with E-state index in [9.17, 15) is 48.9 Å². The average Bonchev–Trinajstić information content (AvgIpc) is 3.22. The Morgan fingerprint density at radius 1 is 1.17 bits per heavy atom. The van der Waals surface area contributed by atoms with E-state index in [1.54, 1.807) is 0 Å². The predicted molar refractivity (Wildman–Crippen MR) is 111 cm³/mol. The molecule has 3 rings (SSSR count). The average molecular weight is 548 g/mol. The molecule has 2 unspecified atom stereocenters. The first-order valence-corrected chi connectivity index (χ1v) is 13.1. The molecule has 19 heteroatoms. The Labute approximate surface area is 196 Å². The van der Waals surface area contributed by atoms with E-state index < -0.39 is 82.6 Å². The molecule has 200 valence electrons. The Kier molecular flexibility index (Phi) is 8.56. The van der Waals surface area contributed by atoms with Crippen molar-refractivity contribution in [2.75, 3.05) is 6.61 Å². The molecule has 0 aromatic carbocycles. The summed E-state index contributed by atoms with van der Waals surface area (Å²) in [5.74, 6) is 0. The number of nitrogens with one attached hydrogen (secondary N) is 1. The van der Waals surface area contributed by atoms with Gasteiger partial charge in [0.15, 0.2) is 6.29 Å². The molecule has 7 N–H and O–H groups in total. The number of phosphoric ester groups is 2. The first-order chi connectivity index (χ1) is 16.1. The van der Waals surface area contributed by atoms with E-state index in [4.69, 9.17) is 9.47 Å². The minimum absolute atomic E-state index is 0.151. The molecular formula is C16H26N2O15P2. The molecule has 2 saturated heterocycles. The van der Waals surface area contributed by atoms with Crippen LogP contribution in [0.3, 0.4) is 0 Å². The number of hydrogen-bond donors (Lipinski definition) is 7. The van der Waals surface area contributed by atoms with Crippen LogP contribution in [0.5, 0.6) is 0 Å². The van der Waals surface area contributed by atoms with E-state index in [1.165, 1.54) is 20.0 Å². The van der Waals surface area contributed by atoms with Gasteiger partial charge in [-0.2, -0.15) is 4.31 Å². The van der Waals surface area contributed by atoms with Gasteiger partial charge in [-0.15, -0.1) is 0 Å². The number of aromatic amines is 1. The summed E-state index contributed by atoms with van der Waals surface area (Å²) in [6.07, 6.45) is -10.8. The molecule has 2 aliphatic rings. The van der Waals surface area contributed by atoms with Crippen molar-refractivity contribution in [1.29, 1.82) is 0 Å². The van der Waals surface area contributed by atoms with Gasteiger partial charge in [-0.05, 0) is 13.8 Å². The van der Waals surface area contributed by atoms with Gasteiger partial charge in [0.05, 0.1) is 18.8 Å². The van der Waals surface area contributed by atoms with E-state index in [-0.39, 0.29) is 12.0 Å². The van der Waals surface area contributed by atoms with E-state index in [0.29, 0.717) is 0 Å². The number of ether oxygens (including phenoxy) is 2. The van der Waals surface area contributed by atoms with Gasteiger partial charge in [0.2, 0.25) is 0 Å². The molecule has 1 aromatic heterocycles. The summed E-state index contributed by atoms with van der Waals surface area (Å²) < 4.78 is 48.9. The largest absolute Gasteiger partial charge is 0.483 e. The second kappa shape index (κ2) is 10.6. The van der Waals surface area contributed by atoms with Crippen molar-refractivity contribution >= 4 is 15.6 Å². The Morgan fingerprint density at radius 3 is 2.43 bits per heavy atom. The molecule has 1 aromatic rings. The normalized spacial score (nSPS) is 35.5. The minimum Gasteiger partial charge on any atom is -0.391 e. The van der Waals surface area contributed by atoms with Crippen molar-refractivity contribution in [3.63, 3.8) is 0 Å². The number of aryl methyl sites for hydroxylation is 1. The highest BCUT2D eigenvalue weighted by molar-refractivity contribution is 7.61. The van der Waals surface area contributed by atoms with Gasteiger partial charge >= 0.3 is 21.3 Å². The van der Waals surface area contributed by atoms with Crippen LogP contribution in [0.25, 0.3) is 0 Å². The fourth-order valence-electron chi connectivity index (χ4n) is 3.47. The Morgan fingerprint density at radius 2 is 1.83 bits per heavy atom. The Hall–Kier alpha value is -1.30. The number of nitrogens with zero attached hydrogens (tertiary/aromatic N) is 1. The minimum atomic E-state index is -5.44. The molecule has 17 nitrogen and oxygen atoms in total. The van der Waals surface area contributed by atoms with Crippen molar-refractivity contribution < 1.29 is 62.2 Å². The van der Waals surface area contributed by atoms with Crippen LogP contribution in [-0.2, 0) is 32.0 Å². The molecule has 0 bridgehead atoms. The summed E-state index contributed by atoms with van der Waals surface area (Å²) in [5, 5.41) is 39.3. The van der Waals surface area contributed by atoms with Crippen LogP contribution in [0.1, 0.15) is 25.1 Å². The number of aromatic nitrogens is 2. The fraction of sp³-hybridized carbons (Fsp3) is 0.750. The molecule has 0 aliphatic carbocycles. The third-order valence-corrected chi connectivity index (χ3v) is 7.84. The van der Waals surface area contributed by atoms with Crippen LogP contribution in [0.2, 0.25) is 0 Å². The van der Waals surface area contributed by atoms with Gasteiger partial charge in [0, 0.05) is 18.2 Å². The lowest BCUT2D eigenvalue weighted by Gasteiger charge is -2.22. The summed E-state index contributed by atoms with van der Waals surface area (Å²) >= 11 is 0. The lowest BCUT2D eigenvalue weighted by Crippen LogP contribution is -2.37. The molecule has 2 fully saturated rings. The zero-order valence-electron chi connectivity index (χ0n) is 18.3. The number of hydrogen-bond acceptors (Lipinski definition) is 13. The lowest BCUT2D eigenvalue weighted by molar-refractivity contribution is -0.136. The Balaban J connectivity index is 1.58. The van der Waals surface area contributed by atoms with E-state index in [0.717, 1.165) is 4.57 Å². The topological polar surface area (TPSA) is 257 Å². The molecule has 0 spiro atoms. The second-order valence-corrected chi connectivity index (χ2v) is 11.0. The van der Waals surface area contributed by atoms with E-state index in [2.05, 4.69) is 18.3 Å². The van der Waals surface area contributed by atoms with Gasteiger partial charge in [-0.1, -0.05) is 0 Å². The maximum absolute atomic E-state index is 12.1. The van der Waals surface area contributed by atoms with Crippen molar-refractivity contribution in [2.45, 2.75) is 69.4 Å². The van der Waals surface area contributed by atoms with Crippen LogP contribution in [-0.4, -0.2) is 89.3 Å². The molecule has 10 atom stereocenters. The van der Waals surface area contributed by atoms with E-state index in [1.807, 2.05) is 0 Å². The van der Waals surface area contributed by atoms with Crippen LogP contribution < -0.4 is 11.2 Å². The highest BCUT2D eigenvalue weighted by Crippen LogP contribution is 2.61. The van der Waals surface area contributed by atoms with Crippen LogP contribution in [0, 0.1) is 6.92 Å². The van der Waals surface area contributed by atoms with Gasteiger partial charge < -0.3 is 39.7 Å². The highest BCUT2D eigenvalue weighted by Gasteiger charge is 2.50. The number of rotatable bonds is 9. The third-order valence-electron chi connectivity index (χ3n) is 5.24. The molecular weight excluding hydrogens is 522 g/mol. The summed E-state index contributed by atoms with van der Waals surface area (Å²) in [6, 6.07) is 0. The van der Waals surface area contributed by atoms with Crippen molar-refractivity contribution in [3.8, 4) is 0 Å². The van der Waals surface area contributed by atoms with Crippen molar-refractivity contribution in [3.05, 3.63) is 32.6 Å². The number of aliphatic hydroxyl groups is 4. The van der Waals surface area contributed by atoms with Gasteiger partial charge in [-0.3, -0.25) is 23.4 Å². The SMILES string of the molecule is Cc1cn([C@H]2C[C@H](O)[C@@H](COP(=O)(O)OP(=O)(O)O[C@@H]3O[C@@H]([C@@H](C)O)[C@H](O)[C@H]3O)O2)c(=O)[nH]c1=O. The molecule has 0 radical (unpaired) electrons. The zero-order chi connectivity index (χ0) is 26.3.